The molecule has 0 saturated heterocycles. The van der Waals surface area contributed by atoms with Gasteiger partial charge in [0.15, 0.2) is 6.29 Å². The van der Waals surface area contributed by atoms with Crippen LogP contribution in [0.25, 0.3) is 10.1 Å². The summed E-state index contributed by atoms with van der Waals surface area (Å²) in [5.41, 5.74) is 1.45. The van der Waals surface area contributed by atoms with Gasteiger partial charge in [-0.05, 0) is 24.6 Å². The Balaban J connectivity index is 2.89. The number of carbonyl (C=O) groups excluding carboxylic acids is 1. The number of hydrogen-bond donors (Lipinski definition) is 0. The number of fused-ring (bicyclic) bond motifs is 1. The number of hydrogen-bond acceptors (Lipinski definition) is 2. The van der Waals surface area contributed by atoms with Gasteiger partial charge in [0.2, 0.25) is 0 Å². The Labute approximate surface area is 78.8 Å². The molecule has 0 bridgehead atoms. The van der Waals surface area contributed by atoms with Crippen molar-refractivity contribution in [3.05, 3.63) is 34.5 Å². The van der Waals surface area contributed by atoms with E-state index in [4.69, 9.17) is 0 Å². The summed E-state index contributed by atoms with van der Waals surface area (Å²) < 4.78 is 14.0. The molecule has 0 aliphatic rings. The molecule has 0 saturated carbocycles. The van der Waals surface area contributed by atoms with Crippen LogP contribution in [-0.4, -0.2) is 6.29 Å². The van der Waals surface area contributed by atoms with E-state index in [1.807, 2.05) is 6.92 Å². The Bertz CT molecular complexity index is 473. The van der Waals surface area contributed by atoms with Gasteiger partial charge in [-0.2, -0.15) is 0 Å². The minimum Gasteiger partial charge on any atom is -0.298 e. The lowest BCUT2D eigenvalue weighted by molar-refractivity contribution is 0.112. The van der Waals surface area contributed by atoms with E-state index in [-0.39, 0.29) is 5.82 Å². The van der Waals surface area contributed by atoms with Crippen LogP contribution in [0.2, 0.25) is 0 Å². The second kappa shape index (κ2) is 2.92. The predicted octanol–water partition coefficient (Wildman–Crippen LogP) is 3.16. The zero-order chi connectivity index (χ0) is 9.42. The van der Waals surface area contributed by atoms with Crippen molar-refractivity contribution in [1.29, 1.82) is 0 Å². The smallest absolute Gasteiger partial charge is 0.151 e. The standard InChI is InChI=1S/C10H7FOS/c1-6-2-8(11)3-9-7(4-12)5-13-10(6)9/h2-5H,1H3. The van der Waals surface area contributed by atoms with Crippen LogP contribution in [0, 0.1) is 12.7 Å². The summed E-state index contributed by atoms with van der Waals surface area (Å²) in [5.74, 6) is -0.286. The van der Waals surface area contributed by atoms with Crippen LogP contribution in [-0.2, 0) is 0 Å². The number of carbonyl (C=O) groups is 1. The summed E-state index contributed by atoms with van der Waals surface area (Å²) in [5, 5.41) is 2.47. The fourth-order valence-electron chi connectivity index (χ4n) is 1.38. The maximum absolute atomic E-state index is 13.0. The van der Waals surface area contributed by atoms with Crippen LogP contribution in [0.4, 0.5) is 4.39 Å². The van der Waals surface area contributed by atoms with Gasteiger partial charge in [0, 0.05) is 21.0 Å². The minimum atomic E-state index is -0.286. The number of benzene rings is 1. The van der Waals surface area contributed by atoms with Crippen LogP contribution >= 0.6 is 11.3 Å². The SMILES string of the molecule is Cc1cc(F)cc2c(C=O)csc12. The average molecular weight is 194 g/mol. The molecule has 1 aromatic heterocycles. The Morgan fingerprint density at radius 2 is 2.23 bits per heavy atom. The molecule has 1 aromatic carbocycles. The first-order chi connectivity index (χ1) is 6.22. The summed E-state index contributed by atoms with van der Waals surface area (Å²) in [4.78, 5) is 10.6. The maximum Gasteiger partial charge on any atom is 0.151 e. The molecule has 3 heteroatoms. The highest BCUT2D eigenvalue weighted by molar-refractivity contribution is 7.17. The van der Waals surface area contributed by atoms with Gasteiger partial charge in [-0.3, -0.25) is 4.79 Å². The third kappa shape index (κ3) is 1.25. The van der Waals surface area contributed by atoms with Crippen molar-refractivity contribution in [2.45, 2.75) is 6.92 Å². The second-order valence-electron chi connectivity index (χ2n) is 2.91. The first-order valence-electron chi connectivity index (χ1n) is 3.85. The molecule has 0 atom stereocenters. The highest BCUT2D eigenvalue weighted by Crippen LogP contribution is 2.28. The summed E-state index contributed by atoms with van der Waals surface area (Å²) in [6.45, 7) is 1.84. The fraction of sp³-hybridized carbons (Fsp3) is 0.100. The van der Waals surface area contributed by atoms with Crippen LogP contribution < -0.4 is 0 Å². The van der Waals surface area contributed by atoms with Crippen molar-refractivity contribution in [2.75, 3.05) is 0 Å². The van der Waals surface area contributed by atoms with Gasteiger partial charge in [-0.1, -0.05) is 0 Å². The summed E-state index contributed by atoms with van der Waals surface area (Å²) in [6, 6.07) is 2.88. The van der Waals surface area contributed by atoms with Gasteiger partial charge >= 0.3 is 0 Å². The third-order valence-electron chi connectivity index (χ3n) is 1.98. The van der Waals surface area contributed by atoms with E-state index < -0.39 is 0 Å². The van der Waals surface area contributed by atoms with Gasteiger partial charge in [-0.15, -0.1) is 11.3 Å². The number of rotatable bonds is 1. The normalized spacial score (nSPS) is 10.6. The highest BCUT2D eigenvalue weighted by Gasteiger charge is 2.06. The molecule has 2 rings (SSSR count). The molecule has 0 aliphatic carbocycles. The van der Waals surface area contributed by atoms with Crippen molar-refractivity contribution in [3.8, 4) is 0 Å². The highest BCUT2D eigenvalue weighted by atomic mass is 32.1. The summed E-state index contributed by atoms with van der Waals surface area (Å²) in [6.07, 6.45) is 0.762. The van der Waals surface area contributed by atoms with Crippen molar-refractivity contribution in [1.82, 2.24) is 0 Å². The lowest BCUT2D eigenvalue weighted by atomic mass is 10.1. The Morgan fingerprint density at radius 1 is 1.46 bits per heavy atom. The van der Waals surface area contributed by atoms with Gasteiger partial charge in [0.25, 0.3) is 0 Å². The largest absolute Gasteiger partial charge is 0.298 e. The van der Waals surface area contributed by atoms with Crippen LogP contribution in [0.15, 0.2) is 17.5 Å². The summed E-state index contributed by atoms with van der Waals surface area (Å²) >= 11 is 1.48. The molecular weight excluding hydrogens is 187 g/mol. The molecule has 0 fully saturated rings. The van der Waals surface area contributed by atoms with Crippen molar-refractivity contribution in [2.24, 2.45) is 0 Å². The van der Waals surface area contributed by atoms with E-state index >= 15 is 0 Å². The molecule has 66 valence electrons. The quantitative estimate of drug-likeness (QED) is 0.637. The Hall–Kier alpha value is -1.22. The van der Waals surface area contributed by atoms with Crippen molar-refractivity contribution < 1.29 is 9.18 Å². The van der Waals surface area contributed by atoms with Crippen molar-refractivity contribution >= 4 is 27.7 Å². The topological polar surface area (TPSA) is 17.1 Å². The molecular formula is C10H7FOS. The van der Waals surface area contributed by atoms with Gasteiger partial charge in [0.1, 0.15) is 5.82 Å². The molecule has 0 unspecified atom stereocenters. The molecule has 0 spiro atoms. The maximum atomic E-state index is 13.0. The second-order valence-corrected chi connectivity index (χ2v) is 3.79. The molecule has 13 heavy (non-hydrogen) atoms. The van der Waals surface area contributed by atoms with Gasteiger partial charge < -0.3 is 0 Å². The van der Waals surface area contributed by atoms with E-state index in [0.717, 1.165) is 21.9 Å². The van der Waals surface area contributed by atoms with E-state index in [9.17, 15) is 9.18 Å². The van der Waals surface area contributed by atoms with Crippen LogP contribution in [0.1, 0.15) is 15.9 Å². The Kier molecular flexibility index (Phi) is 1.88. The molecule has 1 heterocycles. The average Bonchev–Trinajstić information content (AvgIpc) is 2.47. The van der Waals surface area contributed by atoms with Crippen LogP contribution in [0.5, 0.6) is 0 Å². The lowest BCUT2D eigenvalue weighted by Crippen LogP contribution is -1.80. The van der Waals surface area contributed by atoms with E-state index in [1.54, 1.807) is 5.38 Å². The third-order valence-corrected chi connectivity index (χ3v) is 3.13. The number of aldehydes is 1. The van der Waals surface area contributed by atoms with E-state index in [1.165, 1.54) is 23.5 Å². The first-order valence-corrected chi connectivity index (χ1v) is 4.73. The molecule has 0 radical (unpaired) electrons. The van der Waals surface area contributed by atoms with E-state index in [0.29, 0.717) is 5.56 Å². The van der Waals surface area contributed by atoms with Crippen LogP contribution in [0.3, 0.4) is 0 Å². The summed E-state index contributed by atoms with van der Waals surface area (Å²) in [7, 11) is 0. The number of halogens is 1. The molecule has 2 aromatic rings. The molecule has 1 nitrogen and oxygen atoms in total. The zero-order valence-electron chi connectivity index (χ0n) is 7.00. The van der Waals surface area contributed by atoms with Gasteiger partial charge in [0.05, 0.1) is 0 Å². The van der Waals surface area contributed by atoms with Gasteiger partial charge in [-0.25, -0.2) is 4.39 Å². The molecule has 0 amide bonds. The zero-order valence-corrected chi connectivity index (χ0v) is 7.82. The minimum absolute atomic E-state index is 0.286. The lowest BCUT2D eigenvalue weighted by Gasteiger charge is -1.96. The Morgan fingerprint density at radius 3 is 2.92 bits per heavy atom. The van der Waals surface area contributed by atoms with E-state index in [2.05, 4.69) is 0 Å². The fourth-order valence-corrected chi connectivity index (χ4v) is 2.35. The number of thiophene rings is 1. The first kappa shape index (κ1) is 8.38. The molecule has 0 N–H and O–H groups in total. The predicted molar refractivity (Wildman–Crippen MR) is 51.9 cm³/mol. The van der Waals surface area contributed by atoms with Crippen molar-refractivity contribution in [3.63, 3.8) is 0 Å². The number of aryl methyl sites for hydroxylation is 1. The molecule has 0 aliphatic heterocycles. The monoisotopic (exact) mass is 194 g/mol.